The molecule has 4 saturated carbocycles. The van der Waals surface area contributed by atoms with Gasteiger partial charge in [0.1, 0.15) is 0 Å². The lowest BCUT2D eigenvalue weighted by Crippen LogP contribution is -2.59. The topological polar surface area (TPSA) is 46.2 Å². The third kappa shape index (κ3) is 3.87. The van der Waals surface area contributed by atoms with Gasteiger partial charge in [0, 0.05) is 6.04 Å². The van der Waals surface area contributed by atoms with Gasteiger partial charge in [0.05, 0.1) is 5.75 Å². The minimum absolute atomic E-state index is 0.0976. The zero-order valence-corrected chi connectivity index (χ0v) is 17.2. The molecular formula is C22H33NO2S. The van der Waals surface area contributed by atoms with Gasteiger partial charge < -0.3 is 0 Å². The van der Waals surface area contributed by atoms with Crippen molar-refractivity contribution in [3.05, 3.63) is 35.9 Å². The predicted octanol–water partition coefficient (Wildman–Crippen LogP) is 4.74. The molecule has 2 atom stereocenters. The second kappa shape index (κ2) is 6.34. The van der Waals surface area contributed by atoms with E-state index in [9.17, 15) is 8.42 Å². The van der Waals surface area contributed by atoms with Gasteiger partial charge in [-0.25, -0.2) is 13.1 Å². The van der Waals surface area contributed by atoms with Crippen molar-refractivity contribution >= 4 is 10.0 Å². The van der Waals surface area contributed by atoms with Crippen LogP contribution in [0.4, 0.5) is 0 Å². The van der Waals surface area contributed by atoms with Crippen molar-refractivity contribution in [1.82, 2.24) is 4.72 Å². The molecule has 0 heterocycles. The van der Waals surface area contributed by atoms with Gasteiger partial charge in [-0.2, -0.15) is 0 Å². The third-order valence-corrected chi connectivity index (χ3v) is 8.17. The molecular weight excluding hydrogens is 342 g/mol. The average Bonchev–Trinajstić information content (AvgIpc) is 2.48. The highest BCUT2D eigenvalue weighted by Crippen LogP contribution is 2.63. The maximum atomic E-state index is 12.8. The van der Waals surface area contributed by atoms with Gasteiger partial charge in [-0.3, -0.25) is 0 Å². The maximum Gasteiger partial charge on any atom is 0.216 e. The summed E-state index contributed by atoms with van der Waals surface area (Å²) in [6, 6.07) is 9.70. The van der Waals surface area contributed by atoms with Gasteiger partial charge in [0.15, 0.2) is 0 Å². The lowest BCUT2D eigenvalue weighted by atomic mass is 9.46. The lowest BCUT2D eigenvalue weighted by Gasteiger charge is -2.61. The fourth-order valence-corrected chi connectivity index (χ4v) is 8.28. The van der Waals surface area contributed by atoms with E-state index in [4.69, 9.17) is 0 Å². The molecule has 5 rings (SSSR count). The van der Waals surface area contributed by atoms with Gasteiger partial charge in [0.2, 0.25) is 10.0 Å². The highest BCUT2D eigenvalue weighted by molar-refractivity contribution is 7.88. The molecule has 0 spiro atoms. The second-order valence-electron chi connectivity index (χ2n) is 10.6. The Morgan fingerprint density at radius 3 is 2.23 bits per heavy atom. The highest BCUT2D eigenvalue weighted by Gasteiger charge is 2.56. The smallest absolute Gasteiger partial charge is 0.212 e. The maximum absolute atomic E-state index is 12.8. The lowest BCUT2D eigenvalue weighted by molar-refractivity contribution is -0.0881. The molecule has 0 amide bonds. The van der Waals surface area contributed by atoms with Crippen LogP contribution in [-0.2, 0) is 15.8 Å². The molecule has 1 aromatic rings. The Labute approximate surface area is 159 Å². The van der Waals surface area contributed by atoms with Crippen molar-refractivity contribution < 1.29 is 8.42 Å². The average molecular weight is 376 g/mol. The van der Waals surface area contributed by atoms with Gasteiger partial charge in [0.25, 0.3) is 0 Å². The number of sulfonamides is 1. The Morgan fingerprint density at radius 1 is 1.04 bits per heavy atom. The Balaban J connectivity index is 1.48. The zero-order chi connectivity index (χ0) is 18.6. The first-order valence-electron chi connectivity index (χ1n) is 10.2. The number of nitrogens with one attached hydrogen (secondary N) is 1. The van der Waals surface area contributed by atoms with Gasteiger partial charge in [-0.15, -0.1) is 0 Å². The minimum atomic E-state index is -3.28. The molecule has 1 N–H and O–H groups in total. The van der Waals surface area contributed by atoms with Crippen molar-refractivity contribution in [2.75, 3.05) is 0 Å². The Hall–Kier alpha value is -0.870. The van der Waals surface area contributed by atoms with Crippen LogP contribution in [0, 0.1) is 28.6 Å². The summed E-state index contributed by atoms with van der Waals surface area (Å²) in [6.45, 7) is 7.06. The summed E-state index contributed by atoms with van der Waals surface area (Å²) < 4.78 is 28.7. The standard InChI is InChI=1S/C22H33NO2S/c1-21(2,3)15-22-11-17-9-18(12-22)20(19(10-17)13-22)23-26(24,25)14-16-7-5-4-6-8-16/h4-8,17-20,23H,9-15H2,1-3H3. The van der Waals surface area contributed by atoms with Gasteiger partial charge in [-0.05, 0) is 72.7 Å². The predicted molar refractivity (Wildman–Crippen MR) is 106 cm³/mol. The number of hydrogen-bond acceptors (Lipinski definition) is 2. The molecule has 0 radical (unpaired) electrons. The van der Waals surface area contributed by atoms with E-state index in [1.807, 2.05) is 30.3 Å². The van der Waals surface area contributed by atoms with Crippen LogP contribution in [0.15, 0.2) is 30.3 Å². The molecule has 144 valence electrons. The molecule has 4 bridgehead atoms. The molecule has 4 fully saturated rings. The summed E-state index contributed by atoms with van der Waals surface area (Å²) in [7, 11) is -3.28. The first-order chi connectivity index (χ1) is 12.1. The summed E-state index contributed by atoms with van der Waals surface area (Å²) in [6.07, 6.45) is 7.54. The summed E-state index contributed by atoms with van der Waals surface area (Å²) in [5, 5.41) is 0. The van der Waals surface area contributed by atoms with Crippen LogP contribution in [0.5, 0.6) is 0 Å². The molecule has 0 saturated heterocycles. The van der Waals surface area contributed by atoms with E-state index in [0.717, 1.165) is 11.5 Å². The normalized spacial score (nSPS) is 36.4. The van der Waals surface area contributed by atoms with Crippen molar-refractivity contribution in [1.29, 1.82) is 0 Å². The fraction of sp³-hybridized carbons (Fsp3) is 0.727. The molecule has 0 aromatic heterocycles. The third-order valence-electron chi connectivity index (χ3n) is 6.82. The van der Waals surface area contributed by atoms with Crippen molar-refractivity contribution in [3.63, 3.8) is 0 Å². The zero-order valence-electron chi connectivity index (χ0n) is 16.4. The van der Waals surface area contributed by atoms with E-state index in [2.05, 4.69) is 25.5 Å². The van der Waals surface area contributed by atoms with Crippen LogP contribution in [0.25, 0.3) is 0 Å². The molecule has 4 heteroatoms. The van der Waals surface area contributed by atoms with Gasteiger partial charge >= 0.3 is 0 Å². The molecule has 0 aliphatic heterocycles. The monoisotopic (exact) mass is 375 g/mol. The van der Waals surface area contributed by atoms with Crippen LogP contribution < -0.4 is 4.72 Å². The fourth-order valence-electron chi connectivity index (χ4n) is 6.77. The quantitative estimate of drug-likeness (QED) is 0.808. The Morgan fingerprint density at radius 2 is 1.65 bits per heavy atom. The van der Waals surface area contributed by atoms with E-state index in [0.29, 0.717) is 22.7 Å². The molecule has 4 aliphatic rings. The first-order valence-corrected chi connectivity index (χ1v) is 11.8. The van der Waals surface area contributed by atoms with Crippen LogP contribution in [0.2, 0.25) is 0 Å². The summed E-state index contributed by atoms with van der Waals surface area (Å²) in [4.78, 5) is 0. The Kier molecular flexibility index (Phi) is 4.51. The summed E-state index contributed by atoms with van der Waals surface area (Å²) in [5.41, 5.74) is 1.69. The molecule has 26 heavy (non-hydrogen) atoms. The second-order valence-corrected chi connectivity index (χ2v) is 12.3. The van der Waals surface area contributed by atoms with Crippen molar-refractivity contribution in [3.8, 4) is 0 Å². The van der Waals surface area contributed by atoms with E-state index in [1.54, 1.807) is 0 Å². The number of rotatable bonds is 5. The molecule has 4 aliphatic carbocycles. The van der Waals surface area contributed by atoms with Gasteiger partial charge in [-0.1, -0.05) is 51.1 Å². The summed E-state index contributed by atoms with van der Waals surface area (Å²) in [5.74, 6) is 1.99. The number of hydrogen-bond donors (Lipinski definition) is 1. The van der Waals surface area contributed by atoms with E-state index in [1.165, 1.54) is 38.5 Å². The van der Waals surface area contributed by atoms with E-state index >= 15 is 0 Å². The Bertz CT molecular complexity index is 734. The van der Waals surface area contributed by atoms with E-state index in [-0.39, 0.29) is 11.8 Å². The van der Waals surface area contributed by atoms with Crippen LogP contribution in [0.3, 0.4) is 0 Å². The largest absolute Gasteiger partial charge is 0.216 e. The van der Waals surface area contributed by atoms with Crippen LogP contribution in [0.1, 0.15) is 64.9 Å². The SMILES string of the molecule is CC(C)(C)CC12CC3CC(C1)C(NS(=O)(=O)Cc1ccccc1)C(C3)C2. The number of benzene rings is 1. The molecule has 2 unspecified atom stereocenters. The molecule has 3 nitrogen and oxygen atoms in total. The minimum Gasteiger partial charge on any atom is -0.212 e. The van der Waals surface area contributed by atoms with Crippen molar-refractivity contribution in [2.45, 2.75) is 71.1 Å². The van der Waals surface area contributed by atoms with Crippen LogP contribution in [-0.4, -0.2) is 14.5 Å². The van der Waals surface area contributed by atoms with E-state index < -0.39 is 10.0 Å². The highest BCUT2D eigenvalue weighted by atomic mass is 32.2. The molecule has 1 aromatic carbocycles. The first kappa shape index (κ1) is 18.5. The van der Waals surface area contributed by atoms with Crippen LogP contribution >= 0.6 is 0 Å². The summed E-state index contributed by atoms with van der Waals surface area (Å²) >= 11 is 0. The van der Waals surface area contributed by atoms with Crippen molar-refractivity contribution in [2.24, 2.45) is 28.6 Å².